The standard InChI is InChI=1S/C12H20NOP/c1-4-5-11-14-15(13(2)3)12-9-7-6-8-10-12/h6-10H,4-5,11H2,1-3H3. The highest BCUT2D eigenvalue weighted by Gasteiger charge is 2.14. The van der Waals surface area contributed by atoms with E-state index in [0.717, 1.165) is 13.0 Å². The van der Waals surface area contributed by atoms with E-state index < -0.39 is 8.30 Å². The van der Waals surface area contributed by atoms with Gasteiger partial charge in [0.25, 0.3) is 0 Å². The molecule has 0 radical (unpaired) electrons. The lowest BCUT2D eigenvalue weighted by atomic mass is 10.4. The Kier molecular flexibility index (Phi) is 5.85. The van der Waals surface area contributed by atoms with E-state index >= 15 is 0 Å². The number of hydrogen-bond acceptors (Lipinski definition) is 2. The quantitative estimate of drug-likeness (QED) is 0.545. The minimum Gasteiger partial charge on any atom is -0.340 e. The number of benzene rings is 1. The third-order valence-electron chi connectivity index (χ3n) is 2.05. The fourth-order valence-corrected chi connectivity index (χ4v) is 2.84. The first-order valence-electron chi connectivity index (χ1n) is 5.41. The van der Waals surface area contributed by atoms with Crippen molar-refractivity contribution in [1.29, 1.82) is 0 Å². The summed E-state index contributed by atoms with van der Waals surface area (Å²) in [5, 5.41) is 1.29. The van der Waals surface area contributed by atoms with Crippen LogP contribution in [0, 0.1) is 0 Å². The Bertz CT molecular complexity index is 264. The highest BCUT2D eigenvalue weighted by molar-refractivity contribution is 7.58. The van der Waals surface area contributed by atoms with Gasteiger partial charge in [-0.3, -0.25) is 4.67 Å². The second-order valence-corrected chi connectivity index (χ2v) is 5.76. The minimum atomic E-state index is -0.593. The predicted octanol–water partition coefficient (Wildman–Crippen LogP) is 3.00. The Labute approximate surface area is 94.1 Å². The maximum Gasteiger partial charge on any atom is 0.137 e. The largest absolute Gasteiger partial charge is 0.340 e. The smallest absolute Gasteiger partial charge is 0.137 e. The van der Waals surface area contributed by atoms with E-state index in [4.69, 9.17) is 4.52 Å². The monoisotopic (exact) mass is 225 g/mol. The normalized spacial score (nSPS) is 13.1. The third-order valence-corrected chi connectivity index (χ3v) is 3.95. The molecule has 0 aliphatic heterocycles. The van der Waals surface area contributed by atoms with Gasteiger partial charge in [-0.2, -0.15) is 0 Å². The molecule has 0 aromatic heterocycles. The van der Waals surface area contributed by atoms with Crippen LogP contribution in [0.4, 0.5) is 0 Å². The lowest BCUT2D eigenvalue weighted by Gasteiger charge is -2.23. The molecular formula is C12H20NOP. The van der Waals surface area contributed by atoms with Crippen LogP contribution in [0.5, 0.6) is 0 Å². The molecule has 1 unspecified atom stereocenters. The van der Waals surface area contributed by atoms with Gasteiger partial charge in [0, 0.05) is 5.30 Å². The van der Waals surface area contributed by atoms with Crippen LogP contribution in [-0.2, 0) is 4.52 Å². The van der Waals surface area contributed by atoms with Crippen LogP contribution in [0.1, 0.15) is 19.8 Å². The summed E-state index contributed by atoms with van der Waals surface area (Å²) in [6, 6.07) is 10.4. The molecule has 0 N–H and O–H groups in total. The maximum absolute atomic E-state index is 5.92. The van der Waals surface area contributed by atoms with Gasteiger partial charge in [0.05, 0.1) is 6.61 Å². The van der Waals surface area contributed by atoms with E-state index in [1.165, 1.54) is 11.7 Å². The van der Waals surface area contributed by atoms with E-state index in [9.17, 15) is 0 Å². The Morgan fingerprint density at radius 1 is 1.20 bits per heavy atom. The zero-order valence-corrected chi connectivity index (χ0v) is 10.7. The molecule has 0 spiro atoms. The van der Waals surface area contributed by atoms with Crippen molar-refractivity contribution in [2.24, 2.45) is 0 Å². The van der Waals surface area contributed by atoms with E-state index in [-0.39, 0.29) is 0 Å². The van der Waals surface area contributed by atoms with Crippen molar-refractivity contribution in [2.75, 3.05) is 20.7 Å². The van der Waals surface area contributed by atoms with Crippen molar-refractivity contribution >= 4 is 13.6 Å². The predicted molar refractivity (Wildman–Crippen MR) is 67.5 cm³/mol. The van der Waals surface area contributed by atoms with Crippen LogP contribution in [0.15, 0.2) is 30.3 Å². The van der Waals surface area contributed by atoms with Crippen LogP contribution in [-0.4, -0.2) is 25.4 Å². The maximum atomic E-state index is 5.92. The number of nitrogens with zero attached hydrogens (tertiary/aromatic N) is 1. The number of hydrogen-bond donors (Lipinski definition) is 0. The molecule has 0 fully saturated rings. The molecule has 3 heteroatoms. The average molecular weight is 225 g/mol. The molecule has 15 heavy (non-hydrogen) atoms. The zero-order valence-electron chi connectivity index (χ0n) is 9.81. The highest BCUT2D eigenvalue weighted by Crippen LogP contribution is 2.37. The summed E-state index contributed by atoms with van der Waals surface area (Å²) >= 11 is 0. The van der Waals surface area contributed by atoms with Crippen molar-refractivity contribution in [3.63, 3.8) is 0 Å². The summed E-state index contributed by atoms with van der Waals surface area (Å²) < 4.78 is 8.09. The van der Waals surface area contributed by atoms with Gasteiger partial charge in [-0.15, -0.1) is 0 Å². The van der Waals surface area contributed by atoms with E-state index in [1.807, 2.05) is 6.07 Å². The van der Waals surface area contributed by atoms with Crippen molar-refractivity contribution < 1.29 is 4.52 Å². The fourth-order valence-electron chi connectivity index (χ4n) is 1.27. The van der Waals surface area contributed by atoms with Crippen LogP contribution < -0.4 is 5.30 Å². The highest BCUT2D eigenvalue weighted by atomic mass is 31.2. The number of rotatable bonds is 6. The van der Waals surface area contributed by atoms with Crippen LogP contribution in [0.3, 0.4) is 0 Å². The van der Waals surface area contributed by atoms with Gasteiger partial charge < -0.3 is 4.52 Å². The Morgan fingerprint density at radius 3 is 2.40 bits per heavy atom. The van der Waals surface area contributed by atoms with Gasteiger partial charge in [0.2, 0.25) is 0 Å². The molecule has 1 aromatic rings. The first kappa shape index (κ1) is 12.6. The van der Waals surface area contributed by atoms with Crippen LogP contribution in [0.25, 0.3) is 0 Å². The Balaban J connectivity index is 2.58. The van der Waals surface area contributed by atoms with Gasteiger partial charge in [-0.05, 0) is 20.5 Å². The molecule has 0 amide bonds. The van der Waals surface area contributed by atoms with Gasteiger partial charge >= 0.3 is 0 Å². The second-order valence-electron chi connectivity index (χ2n) is 3.64. The van der Waals surface area contributed by atoms with Gasteiger partial charge in [-0.1, -0.05) is 43.7 Å². The van der Waals surface area contributed by atoms with Gasteiger partial charge in [-0.25, -0.2) is 0 Å². The molecule has 0 bridgehead atoms. The molecule has 0 aliphatic rings. The molecule has 0 saturated heterocycles. The van der Waals surface area contributed by atoms with Crippen LogP contribution in [0.2, 0.25) is 0 Å². The summed E-state index contributed by atoms with van der Waals surface area (Å²) in [6.07, 6.45) is 2.32. The Hall–Kier alpha value is -0.430. The molecule has 0 heterocycles. The molecule has 0 saturated carbocycles. The molecule has 1 rings (SSSR count). The van der Waals surface area contributed by atoms with E-state index in [1.54, 1.807) is 0 Å². The summed E-state index contributed by atoms with van der Waals surface area (Å²) in [7, 11) is 3.56. The summed E-state index contributed by atoms with van der Waals surface area (Å²) in [4.78, 5) is 0. The minimum absolute atomic E-state index is 0.593. The lowest BCUT2D eigenvalue weighted by molar-refractivity contribution is 0.325. The summed E-state index contributed by atoms with van der Waals surface area (Å²) in [5.41, 5.74) is 0. The fraction of sp³-hybridized carbons (Fsp3) is 0.500. The lowest BCUT2D eigenvalue weighted by Crippen LogP contribution is -2.16. The molecule has 84 valence electrons. The summed E-state index contributed by atoms with van der Waals surface area (Å²) in [5.74, 6) is 0. The first-order chi connectivity index (χ1) is 7.25. The van der Waals surface area contributed by atoms with E-state index in [2.05, 4.69) is 50.0 Å². The molecule has 2 nitrogen and oxygen atoms in total. The topological polar surface area (TPSA) is 12.5 Å². The Morgan fingerprint density at radius 2 is 1.87 bits per heavy atom. The van der Waals surface area contributed by atoms with Crippen molar-refractivity contribution in [1.82, 2.24) is 4.67 Å². The SMILES string of the molecule is CCCCOP(c1ccccc1)N(C)C. The van der Waals surface area contributed by atoms with Crippen molar-refractivity contribution in [3.05, 3.63) is 30.3 Å². The van der Waals surface area contributed by atoms with Crippen molar-refractivity contribution in [3.8, 4) is 0 Å². The molecule has 1 aromatic carbocycles. The molecule has 0 aliphatic carbocycles. The number of unbranched alkanes of at least 4 members (excludes halogenated alkanes) is 1. The van der Waals surface area contributed by atoms with Gasteiger partial charge in [0.15, 0.2) is 0 Å². The van der Waals surface area contributed by atoms with Gasteiger partial charge in [0.1, 0.15) is 8.30 Å². The molecular weight excluding hydrogens is 205 g/mol. The van der Waals surface area contributed by atoms with E-state index in [0.29, 0.717) is 0 Å². The zero-order chi connectivity index (χ0) is 11.1. The van der Waals surface area contributed by atoms with Crippen molar-refractivity contribution in [2.45, 2.75) is 19.8 Å². The first-order valence-corrected chi connectivity index (χ1v) is 6.62. The summed E-state index contributed by atoms with van der Waals surface area (Å²) in [6.45, 7) is 3.04. The van der Waals surface area contributed by atoms with Crippen LogP contribution >= 0.6 is 8.30 Å². The average Bonchev–Trinajstić information content (AvgIpc) is 2.25. The second kappa shape index (κ2) is 6.95. The molecule has 1 atom stereocenters. The third kappa shape index (κ3) is 4.29.